The summed E-state index contributed by atoms with van der Waals surface area (Å²) >= 11 is 0. The molecule has 0 saturated carbocycles. The molecule has 2 unspecified atom stereocenters. The summed E-state index contributed by atoms with van der Waals surface area (Å²) in [6.07, 6.45) is 7.57. The van der Waals surface area contributed by atoms with Crippen LogP contribution in [0.1, 0.15) is 49.8 Å². The average molecular weight is 315 g/mol. The molecule has 23 heavy (non-hydrogen) atoms. The second-order valence-electron chi connectivity index (χ2n) is 6.20. The van der Waals surface area contributed by atoms with Gasteiger partial charge in [0.1, 0.15) is 0 Å². The molecule has 1 aliphatic rings. The Morgan fingerprint density at radius 3 is 2.61 bits per heavy atom. The molecule has 124 valence electrons. The van der Waals surface area contributed by atoms with E-state index in [0.29, 0.717) is 12.5 Å². The standard InChI is InChI=1S/C19H25NO3/c1-14-8-10-17(11-9-14)18(20-15(2)21)12-19(22)23-13-16-6-4-3-5-7-16/h3-4,8-11,16,18H,5-7,12-13H2,1-2H3,(H,20,21). The fourth-order valence-corrected chi connectivity index (χ4v) is 2.74. The van der Waals surface area contributed by atoms with Gasteiger partial charge in [-0.25, -0.2) is 0 Å². The molecule has 0 bridgehead atoms. The van der Waals surface area contributed by atoms with Crippen LogP contribution in [0, 0.1) is 12.8 Å². The maximum atomic E-state index is 12.1. The third kappa shape index (κ3) is 5.89. The molecule has 0 spiro atoms. The van der Waals surface area contributed by atoms with Gasteiger partial charge in [0.05, 0.1) is 19.1 Å². The first kappa shape index (κ1) is 17.3. The van der Waals surface area contributed by atoms with Crippen molar-refractivity contribution in [1.29, 1.82) is 0 Å². The number of carbonyl (C=O) groups excluding carboxylic acids is 2. The van der Waals surface area contributed by atoms with Gasteiger partial charge in [-0.1, -0.05) is 42.0 Å². The van der Waals surface area contributed by atoms with Gasteiger partial charge in [0.2, 0.25) is 5.91 Å². The predicted molar refractivity (Wildman–Crippen MR) is 89.8 cm³/mol. The number of rotatable bonds is 6. The van der Waals surface area contributed by atoms with Gasteiger partial charge < -0.3 is 10.1 Å². The van der Waals surface area contributed by atoms with Crippen LogP contribution in [0.2, 0.25) is 0 Å². The molecule has 4 nitrogen and oxygen atoms in total. The molecule has 2 rings (SSSR count). The molecule has 2 atom stereocenters. The van der Waals surface area contributed by atoms with Gasteiger partial charge in [-0.3, -0.25) is 9.59 Å². The van der Waals surface area contributed by atoms with Crippen molar-refractivity contribution in [1.82, 2.24) is 5.32 Å². The number of esters is 1. The molecule has 0 fully saturated rings. The summed E-state index contributed by atoms with van der Waals surface area (Å²) < 4.78 is 5.41. The minimum absolute atomic E-state index is 0.152. The van der Waals surface area contributed by atoms with Crippen molar-refractivity contribution in [3.8, 4) is 0 Å². The summed E-state index contributed by atoms with van der Waals surface area (Å²) in [5.74, 6) is 0.00205. The summed E-state index contributed by atoms with van der Waals surface area (Å²) in [4.78, 5) is 23.5. The van der Waals surface area contributed by atoms with Gasteiger partial charge in [0.25, 0.3) is 0 Å². The van der Waals surface area contributed by atoms with E-state index in [1.165, 1.54) is 6.92 Å². The van der Waals surface area contributed by atoms with Gasteiger partial charge in [-0.05, 0) is 37.7 Å². The van der Waals surface area contributed by atoms with Crippen LogP contribution in [-0.2, 0) is 14.3 Å². The van der Waals surface area contributed by atoms with Crippen molar-refractivity contribution in [2.24, 2.45) is 5.92 Å². The summed E-state index contributed by atoms with van der Waals surface area (Å²) in [7, 11) is 0. The van der Waals surface area contributed by atoms with Gasteiger partial charge in [-0.15, -0.1) is 0 Å². The molecule has 4 heteroatoms. The monoisotopic (exact) mass is 315 g/mol. The molecule has 0 aliphatic heterocycles. The Labute approximate surface area is 137 Å². The Morgan fingerprint density at radius 2 is 2.00 bits per heavy atom. The van der Waals surface area contributed by atoms with E-state index < -0.39 is 0 Å². The van der Waals surface area contributed by atoms with Crippen LogP contribution in [0.3, 0.4) is 0 Å². The predicted octanol–water partition coefficient (Wildman–Crippen LogP) is 3.46. The highest BCUT2D eigenvalue weighted by molar-refractivity contribution is 5.76. The van der Waals surface area contributed by atoms with Crippen molar-refractivity contribution < 1.29 is 14.3 Å². The highest BCUT2D eigenvalue weighted by Gasteiger charge is 2.19. The zero-order valence-corrected chi connectivity index (χ0v) is 13.9. The largest absolute Gasteiger partial charge is 0.465 e. The van der Waals surface area contributed by atoms with Gasteiger partial charge in [0.15, 0.2) is 0 Å². The van der Waals surface area contributed by atoms with Gasteiger partial charge in [0, 0.05) is 6.92 Å². The number of hydrogen-bond acceptors (Lipinski definition) is 3. The lowest BCUT2D eigenvalue weighted by atomic mass is 9.95. The maximum Gasteiger partial charge on any atom is 0.308 e. The Hall–Kier alpha value is -2.10. The van der Waals surface area contributed by atoms with Crippen molar-refractivity contribution >= 4 is 11.9 Å². The number of allylic oxidation sites excluding steroid dienone is 2. The molecule has 0 saturated heterocycles. The van der Waals surface area contributed by atoms with E-state index in [-0.39, 0.29) is 24.3 Å². The highest BCUT2D eigenvalue weighted by Crippen LogP contribution is 2.21. The van der Waals surface area contributed by atoms with E-state index in [1.807, 2.05) is 31.2 Å². The lowest BCUT2D eigenvalue weighted by molar-refractivity contribution is -0.145. The van der Waals surface area contributed by atoms with Crippen LogP contribution >= 0.6 is 0 Å². The van der Waals surface area contributed by atoms with E-state index >= 15 is 0 Å². The topological polar surface area (TPSA) is 55.4 Å². The third-order valence-electron chi connectivity index (χ3n) is 4.09. The second-order valence-corrected chi connectivity index (χ2v) is 6.20. The lowest BCUT2D eigenvalue weighted by Crippen LogP contribution is -2.29. The fraction of sp³-hybridized carbons (Fsp3) is 0.474. The number of amides is 1. The molecular weight excluding hydrogens is 290 g/mol. The average Bonchev–Trinajstić information content (AvgIpc) is 2.53. The summed E-state index contributed by atoms with van der Waals surface area (Å²) in [6, 6.07) is 7.49. The number of benzene rings is 1. The minimum Gasteiger partial charge on any atom is -0.465 e. The zero-order chi connectivity index (χ0) is 16.7. The minimum atomic E-state index is -0.341. The SMILES string of the molecule is CC(=O)NC(CC(=O)OCC1CC=CCC1)c1ccc(C)cc1. The van der Waals surface area contributed by atoms with Crippen LogP contribution < -0.4 is 5.32 Å². The van der Waals surface area contributed by atoms with E-state index in [1.54, 1.807) is 0 Å². The quantitative estimate of drug-likeness (QED) is 0.646. The molecule has 1 N–H and O–H groups in total. The lowest BCUT2D eigenvalue weighted by Gasteiger charge is -2.20. The Balaban J connectivity index is 1.91. The summed E-state index contributed by atoms with van der Waals surface area (Å²) in [6.45, 7) is 3.93. The molecule has 1 amide bonds. The summed E-state index contributed by atoms with van der Waals surface area (Å²) in [5.41, 5.74) is 2.06. The Bertz CT molecular complexity index is 562. The zero-order valence-electron chi connectivity index (χ0n) is 13.9. The van der Waals surface area contributed by atoms with Crippen molar-refractivity contribution in [3.05, 3.63) is 47.5 Å². The van der Waals surface area contributed by atoms with E-state index in [2.05, 4.69) is 17.5 Å². The van der Waals surface area contributed by atoms with E-state index in [9.17, 15) is 9.59 Å². The number of aryl methyl sites for hydroxylation is 1. The second kappa shape index (κ2) is 8.51. The molecule has 0 heterocycles. The smallest absolute Gasteiger partial charge is 0.308 e. The molecule has 1 aromatic carbocycles. The van der Waals surface area contributed by atoms with Crippen LogP contribution in [0.25, 0.3) is 0 Å². The normalized spacial score (nSPS) is 18.3. The molecule has 0 aromatic heterocycles. The van der Waals surface area contributed by atoms with Crippen molar-refractivity contribution in [2.45, 2.75) is 45.6 Å². The molecule has 1 aromatic rings. The first-order valence-electron chi connectivity index (χ1n) is 8.19. The van der Waals surface area contributed by atoms with Crippen LogP contribution in [0.5, 0.6) is 0 Å². The van der Waals surface area contributed by atoms with Gasteiger partial charge >= 0.3 is 5.97 Å². The highest BCUT2D eigenvalue weighted by atomic mass is 16.5. The first-order chi connectivity index (χ1) is 11.0. The van der Waals surface area contributed by atoms with Crippen LogP contribution in [-0.4, -0.2) is 18.5 Å². The van der Waals surface area contributed by atoms with Crippen LogP contribution in [0.4, 0.5) is 0 Å². The number of carbonyl (C=O) groups is 2. The molecular formula is C19H25NO3. The molecule has 0 radical (unpaired) electrons. The number of nitrogens with one attached hydrogen (secondary N) is 1. The first-order valence-corrected chi connectivity index (χ1v) is 8.19. The van der Waals surface area contributed by atoms with E-state index in [0.717, 1.165) is 30.4 Å². The summed E-state index contributed by atoms with van der Waals surface area (Å²) in [5, 5.41) is 2.83. The third-order valence-corrected chi connectivity index (χ3v) is 4.09. The maximum absolute atomic E-state index is 12.1. The Kier molecular flexibility index (Phi) is 6.39. The Morgan fingerprint density at radius 1 is 1.26 bits per heavy atom. The number of ether oxygens (including phenoxy) is 1. The fourth-order valence-electron chi connectivity index (χ4n) is 2.74. The van der Waals surface area contributed by atoms with Gasteiger partial charge in [-0.2, -0.15) is 0 Å². The van der Waals surface area contributed by atoms with E-state index in [4.69, 9.17) is 4.74 Å². The van der Waals surface area contributed by atoms with Crippen LogP contribution in [0.15, 0.2) is 36.4 Å². The van der Waals surface area contributed by atoms with Crippen molar-refractivity contribution in [3.63, 3.8) is 0 Å². The van der Waals surface area contributed by atoms with Crippen molar-refractivity contribution in [2.75, 3.05) is 6.61 Å². The molecule has 1 aliphatic carbocycles. The number of hydrogen-bond donors (Lipinski definition) is 1.